The number of aromatic carboxylic acids is 1. The number of ether oxygens (including phenoxy) is 4. The van der Waals surface area contributed by atoms with Crippen LogP contribution in [0, 0.1) is 0 Å². The Morgan fingerprint density at radius 3 is 2.54 bits per heavy atom. The smallest absolute Gasteiger partial charge is 0.335 e. The van der Waals surface area contributed by atoms with Gasteiger partial charge >= 0.3 is 12.0 Å². The van der Waals surface area contributed by atoms with Gasteiger partial charge in [0.2, 0.25) is 6.79 Å². The third-order valence-electron chi connectivity index (χ3n) is 5.86. The Morgan fingerprint density at radius 1 is 1.08 bits per heavy atom. The fourth-order valence-corrected chi connectivity index (χ4v) is 4.22. The molecule has 5 rings (SSSR count). The molecule has 1 saturated heterocycles. The van der Waals surface area contributed by atoms with Crippen LogP contribution in [0.2, 0.25) is 5.02 Å². The summed E-state index contributed by atoms with van der Waals surface area (Å²) in [6, 6.07) is 12.8. The van der Waals surface area contributed by atoms with Gasteiger partial charge in [-0.1, -0.05) is 23.7 Å². The predicted octanol–water partition coefficient (Wildman–Crippen LogP) is 4.02. The van der Waals surface area contributed by atoms with E-state index in [1.165, 1.54) is 49.6 Å². The first-order valence-electron chi connectivity index (χ1n) is 11.4. The molecule has 0 aliphatic carbocycles. The quantitative estimate of drug-likeness (QED) is 0.329. The van der Waals surface area contributed by atoms with Crippen molar-refractivity contribution >= 4 is 47.2 Å². The van der Waals surface area contributed by atoms with Crippen molar-refractivity contribution in [2.75, 3.05) is 18.8 Å². The number of urea groups is 1. The summed E-state index contributed by atoms with van der Waals surface area (Å²) in [6.07, 6.45) is 1.28. The van der Waals surface area contributed by atoms with Gasteiger partial charge in [0, 0.05) is 6.07 Å². The van der Waals surface area contributed by atoms with Crippen molar-refractivity contribution in [2.24, 2.45) is 0 Å². The third kappa shape index (κ3) is 5.07. The van der Waals surface area contributed by atoms with Crippen molar-refractivity contribution in [3.05, 3.63) is 81.9 Å². The summed E-state index contributed by atoms with van der Waals surface area (Å²) in [6.45, 7) is 0.0891. The van der Waals surface area contributed by atoms with Gasteiger partial charge in [-0.05, 0) is 53.6 Å². The summed E-state index contributed by atoms with van der Waals surface area (Å²) in [5.74, 6) is -1.49. The first kappa shape index (κ1) is 25.6. The van der Waals surface area contributed by atoms with Gasteiger partial charge < -0.3 is 24.1 Å². The average molecular weight is 551 g/mol. The molecule has 11 nitrogen and oxygen atoms in total. The second-order valence-corrected chi connectivity index (χ2v) is 8.73. The highest BCUT2D eigenvalue weighted by Gasteiger charge is 2.37. The van der Waals surface area contributed by atoms with E-state index in [2.05, 4.69) is 5.32 Å². The Balaban J connectivity index is 1.40. The van der Waals surface area contributed by atoms with Crippen LogP contribution < -0.4 is 29.2 Å². The average Bonchev–Trinajstić information content (AvgIpc) is 3.38. The number of carboxylic acid groups (broad SMARTS) is 1. The number of hydrogen-bond acceptors (Lipinski definition) is 8. The lowest BCUT2D eigenvalue weighted by atomic mass is 10.1. The third-order valence-corrected chi connectivity index (χ3v) is 6.14. The molecule has 3 aromatic carbocycles. The Bertz CT molecular complexity index is 1550. The molecule has 0 atom stereocenters. The highest BCUT2D eigenvalue weighted by Crippen LogP contribution is 2.39. The first-order chi connectivity index (χ1) is 18.7. The number of methoxy groups -OCH3 is 1. The zero-order valence-corrected chi connectivity index (χ0v) is 21.0. The summed E-state index contributed by atoms with van der Waals surface area (Å²) < 4.78 is 21.8. The van der Waals surface area contributed by atoms with Crippen LogP contribution in [0.3, 0.4) is 0 Å². The topological polar surface area (TPSA) is 141 Å². The van der Waals surface area contributed by atoms with Crippen LogP contribution in [0.4, 0.5) is 10.5 Å². The summed E-state index contributed by atoms with van der Waals surface area (Å²) in [5.41, 5.74) is 1.07. The lowest BCUT2D eigenvalue weighted by molar-refractivity contribution is -0.122. The SMILES string of the molecule is COc1cc(/C=C2\C(=O)NC(=O)N(c3ccc4c(c3)OCO4)C2=O)cc(Cl)c1OCc1ccc(C(=O)O)cc1. The number of carbonyl (C=O) groups is 4. The number of anilines is 1. The van der Waals surface area contributed by atoms with Crippen LogP contribution in [0.15, 0.2) is 60.2 Å². The number of hydrogen-bond donors (Lipinski definition) is 2. The number of carboxylic acids is 1. The van der Waals surface area contributed by atoms with E-state index >= 15 is 0 Å². The van der Waals surface area contributed by atoms with E-state index < -0.39 is 23.8 Å². The van der Waals surface area contributed by atoms with Crippen molar-refractivity contribution in [3.63, 3.8) is 0 Å². The lowest BCUT2D eigenvalue weighted by Gasteiger charge is -2.26. The Labute approximate surface area is 226 Å². The zero-order valence-electron chi connectivity index (χ0n) is 20.2. The van der Waals surface area contributed by atoms with Gasteiger partial charge in [0.05, 0.1) is 23.4 Å². The molecule has 12 heteroatoms. The number of nitrogens with zero attached hydrogens (tertiary/aromatic N) is 1. The zero-order chi connectivity index (χ0) is 27.7. The van der Waals surface area contributed by atoms with Gasteiger partial charge in [-0.15, -0.1) is 0 Å². The second kappa shape index (κ2) is 10.4. The number of benzene rings is 3. The number of imide groups is 2. The molecule has 0 radical (unpaired) electrons. The lowest BCUT2D eigenvalue weighted by Crippen LogP contribution is -2.54. The maximum absolute atomic E-state index is 13.3. The predicted molar refractivity (Wildman–Crippen MR) is 137 cm³/mol. The molecule has 2 N–H and O–H groups in total. The van der Waals surface area contributed by atoms with Gasteiger partial charge in [-0.25, -0.2) is 14.5 Å². The largest absolute Gasteiger partial charge is 0.493 e. The van der Waals surface area contributed by atoms with E-state index in [9.17, 15) is 19.2 Å². The molecule has 198 valence electrons. The number of carbonyl (C=O) groups excluding carboxylic acids is 3. The maximum Gasteiger partial charge on any atom is 0.335 e. The minimum atomic E-state index is -1.04. The van der Waals surface area contributed by atoms with Gasteiger partial charge in [-0.3, -0.25) is 14.9 Å². The molecule has 0 bridgehead atoms. The Hall–Kier alpha value is -5.03. The van der Waals surface area contributed by atoms with Crippen LogP contribution in [-0.4, -0.2) is 42.8 Å². The highest BCUT2D eigenvalue weighted by molar-refractivity contribution is 6.39. The number of amides is 4. The van der Waals surface area contributed by atoms with Crippen LogP contribution in [0.5, 0.6) is 23.0 Å². The van der Waals surface area contributed by atoms with Gasteiger partial charge in [-0.2, -0.15) is 0 Å². The number of fused-ring (bicyclic) bond motifs is 1. The Morgan fingerprint density at radius 2 is 1.82 bits per heavy atom. The van der Waals surface area contributed by atoms with E-state index in [0.29, 0.717) is 22.6 Å². The van der Waals surface area contributed by atoms with E-state index in [1.54, 1.807) is 18.2 Å². The van der Waals surface area contributed by atoms with Gasteiger partial charge in [0.1, 0.15) is 12.2 Å². The molecular formula is C27H19ClN2O9. The minimum absolute atomic E-state index is 0.0157. The fraction of sp³-hybridized carbons (Fsp3) is 0.111. The molecule has 0 spiro atoms. The molecule has 3 aromatic rings. The minimum Gasteiger partial charge on any atom is -0.493 e. The fourth-order valence-electron chi connectivity index (χ4n) is 3.95. The van der Waals surface area contributed by atoms with Crippen LogP contribution in [0.25, 0.3) is 6.08 Å². The van der Waals surface area contributed by atoms with Crippen LogP contribution in [-0.2, 0) is 16.2 Å². The van der Waals surface area contributed by atoms with E-state index in [4.69, 9.17) is 35.7 Å². The second-order valence-electron chi connectivity index (χ2n) is 8.32. The molecule has 0 saturated carbocycles. The molecular weight excluding hydrogens is 532 g/mol. The molecule has 39 heavy (non-hydrogen) atoms. The highest BCUT2D eigenvalue weighted by atomic mass is 35.5. The normalized spacial score (nSPS) is 15.4. The van der Waals surface area contributed by atoms with E-state index in [-0.39, 0.29) is 46.7 Å². The van der Waals surface area contributed by atoms with Crippen molar-refractivity contribution in [2.45, 2.75) is 6.61 Å². The number of barbiturate groups is 1. The molecule has 0 unspecified atom stereocenters. The monoisotopic (exact) mass is 550 g/mol. The maximum atomic E-state index is 13.3. The molecule has 2 heterocycles. The van der Waals surface area contributed by atoms with Crippen molar-refractivity contribution in [1.82, 2.24) is 5.32 Å². The molecule has 2 aliphatic rings. The molecule has 0 aromatic heterocycles. The Kier molecular flexibility index (Phi) is 6.82. The number of rotatable bonds is 7. The summed E-state index contributed by atoms with van der Waals surface area (Å²) in [7, 11) is 1.40. The van der Waals surface area contributed by atoms with Crippen molar-refractivity contribution in [1.29, 1.82) is 0 Å². The summed E-state index contributed by atoms with van der Waals surface area (Å²) in [5, 5.41) is 11.3. The van der Waals surface area contributed by atoms with E-state index in [1.807, 2.05) is 0 Å². The standard InChI is InChI=1S/C27H19ClN2O9/c1-36-22-10-15(9-19(28)23(22)37-12-14-2-4-16(5-3-14)26(33)34)8-18-24(31)29-27(35)30(25(18)32)17-6-7-20-21(11-17)39-13-38-20/h2-11H,12-13H2,1H3,(H,33,34)(H,29,31,35)/b18-8+. The van der Waals surface area contributed by atoms with Crippen LogP contribution in [0.1, 0.15) is 21.5 Å². The number of halogens is 1. The van der Waals surface area contributed by atoms with E-state index in [0.717, 1.165) is 4.90 Å². The van der Waals surface area contributed by atoms with Gasteiger partial charge in [0.15, 0.2) is 23.0 Å². The molecule has 1 fully saturated rings. The van der Waals surface area contributed by atoms with Crippen LogP contribution >= 0.6 is 11.6 Å². The van der Waals surface area contributed by atoms with Crippen molar-refractivity contribution < 1.29 is 43.2 Å². The first-order valence-corrected chi connectivity index (χ1v) is 11.8. The van der Waals surface area contributed by atoms with Crippen molar-refractivity contribution in [3.8, 4) is 23.0 Å². The summed E-state index contributed by atoms with van der Waals surface area (Å²) >= 11 is 6.45. The number of nitrogens with one attached hydrogen (secondary N) is 1. The summed E-state index contributed by atoms with van der Waals surface area (Å²) in [4.78, 5) is 50.3. The van der Waals surface area contributed by atoms with Gasteiger partial charge in [0.25, 0.3) is 11.8 Å². The molecule has 4 amide bonds. The molecule has 2 aliphatic heterocycles.